The maximum absolute atomic E-state index is 5.78. The molecule has 0 aliphatic heterocycles. The molecule has 0 spiro atoms. The number of hydrogen-bond donors (Lipinski definition) is 1. The third kappa shape index (κ3) is 7.06. The Bertz CT molecular complexity index is 99.7. The second-order valence-corrected chi connectivity index (χ2v) is 4.73. The zero-order valence-corrected chi connectivity index (χ0v) is 9.84. The molecule has 1 rings (SSSR count). The van der Waals surface area contributed by atoms with Crippen molar-refractivity contribution in [2.45, 2.75) is 65.8 Å². The highest BCUT2D eigenvalue weighted by atomic mass is 14.6. The van der Waals surface area contributed by atoms with Crippen molar-refractivity contribution in [3.8, 4) is 0 Å². The highest BCUT2D eigenvalue weighted by molar-refractivity contribution is 4.73. The average Bonchev–Trinajstić information content (AvgIpc) is 2.11. The van der Waals surface area contributed by atoms with E-state index in [1.807, 2.05) is 0 Å². The van der Waals surface area contributed by atoms with E-state index in [1.54, 1.807) is 0 Å². The van der Waals surface area contributed by atoms with Gasteiger partial charge in [-0.3, -0.25) is 0 Å². The van der Waals surface area contributed by atoms with Crippen molar-refractivity contribution in [3.05, 3.63) is 0 Å². The summed E-state index contributed by atoms with van der Waals surface area (Å²) in [7, 11) is 0. The van der Waals surface area contributed by atoms with Crippen molar-refractivity contribution >= 4 is 0 Å². The Morgan fingerprint density at radius 2 is 1.69 bits per heavy atom. The van der Waals surface area contributed by atoms with Gasteiger partial charge < -0.3 is 5.73 Å². The molecule has 2 atom stereocenters. The van der Waals surface area contributed by atoms with Gasteiger partial charge in [0.1, 0.15) is 0 Å². The monoisotopic (exact) mass is 185 g/mol. The first-order valence-electron chi connectivity index (χ1n) is 5.83. The second kappa shape index (κ2) is 7.37. The number of hydrogen-bond acceptors (Lipinski definition) is 1. The van der Waals surface area contributed by atoms with Crippen LogP contribution in [0.4, 0.5) is 0 Å². The lowest BCUT2D eigenvalue weighted by molar-refractivity contribution is 0.331. The summed E-state index contributed by atoms with van der Waals surface area (Å²) in [5.74, 6) is 1.67. The van der Waals surface area contributed by atoms with E-state index in [0.29, 0.717) is 6.04 Å². The molecule has 0 bridgehead atoms. The van der Waals surface area contributed by atoms with Crippen molar-refractivity contribution in [1.29, 1.82) is 0 Å². The molecule has 0 heterocycles. The molecule has 0 aromatic heterocycles. The van der Waals surface area contributed by atoms with Crippen LogP contribution in [0.2, 0.25) is 0 Å². The Balaban J connectivity index is 0.000000252. The molecule has 1 saturated carbocycles. The fraction of sp³-hybridized carbons (Fsp3) is 1.00. The van der Waals surface area contributed by atoms with Crippen LogP contribution < -0.4 is 5.73 Å². The molecule has 80 valence electrons. The molecule has 0 radical (unpaired) electrons. The van der Waals surface area contributed by atoms with Gasteiger partial charge in [0.05, 0.1) is 0 Å². The normalized spacial score (nSPS) is 28.2. The fourth-order valence-electron chi connectivity index (χ4n) is 1.34. The summed E-state index contributed by atoms with van der Waals surface area (Å²) in [5.41, 5.74) is 5.78. The molecule has 2 N–H and O–H groups in total. The molecule has 0 aromatic rings. The Morgan fingerprint density at radius 1 is 1.23 bits per heavy atom. The van der Waals surface area contributed by atoms with Gasteiger partial charge in [0.15, 0.2) is 0 Å². The first kappa shape index (κ1) is 13.0. The van der Waals surface area contributed by atoms with E-state index in [-0.39, 0.29) is 0 Å². The van der Waals surface area contributed by atoms with Crippen LogP contribution in [0.3, 0.4) is 0 Å². The summed E-state index contributed by atoms with van der Waals surface area (Å²) < 4.78 is 0. The number of rotatable bonds is 1. The minimum atomic E-state index is 0.503. The molecule has 1 aliphatic rings. The average molecular weight is 185 g/mol. The summed E-state index contributed by atoms with van der Waals surface area (Å²) in [6, 6.07) is 0.503. The Labute approximate surface area is 84.1 Å². The highest BCUT2D eigenvalue weighted by Gasteiger charge is 2.15. The van der Waals surface area contributed by atoms with E-state index in [1.165, 1.54) is 32.1 Å². The third-order valence-electron chi connectivity index (χ3n) is 2.99. The molecule has 0 amide bonds. The first-order chi connectivity index (χ1) is 6.07. The maximum atomic E-state index is 5.78. The van der Waals surface area contributed by atoms with Crippen LogP contribution in [0.5, 0.6) is 0 Å². The van der Waals surface area contributed by atoms with Gasteiger partial charge in [-0.25, -0.2) is 0 Å². The number of nitrogens with two attached hydrogens (primary N) is 1. The Morgan fingerprint density at radius 3 is 1.92 bits per heavy atom. The lowest BCUT2D eigenvalue weighted by atomic mass is 9.87. The predicted octanol–water partition coefficient (Wildman–Crippen LogP) is 3.58. The molecule has 1 aliphatic carbocycles. The predicted molar refractivity (Wildman–Crippen MR) is 60.7 cm³/mol. The van der Waals surface area contributed by atoms with Crippen molar-refractivity contribution in [2.24, 2.45) is 17.6 Å². The van der Waals surface area contributed by atoms with Crippen LogP contribution >= 0.6 is 0 Å². The molecular weight excluding hydrogens is 158 g/mol. The maximum Gasteiger partial charge on any atom is 0.00645 e. The van der Waals surface area contributed by atoms with E-state index in [0.717, 1.165) is 11.8 Å². The summed E-state index contributed by atoms with van der Waals surface area (Å²) in [5, 5.41) is 0. The van der Waals surface area contributed by atoms with Gasteiger partial charge in [-0.1, -0.05) is 47.0 Å². The van der Waals surface area contributed by atoms with E-state index in [4.69, 9.17) is 5.73 Å². The summed E-state index contributed by atoms with van der Waals surface area (Å²) >= 11 is 0. The van der Waals surface area contributed by atoms with Gasteiger partial charge in [0.25, 0.3) is 0 Å². The van der Waals surface area contributed by atoms with Gasteiger partial charge >= 0.3 is 0 Å². The zero-order valence-electron chi connectivity index (χ0n) is 9.84. The van der Waals surface area contributed by atoms with Crippen LogP contribution in [0.25, 0.3) is 0 Å². The lowest BCUT2D eigenvalue weighted by Gasteiger charge is -2.24. The van der Waals surface area contributed by atoms with Crippen LogP contribution in [0, 0.1) is 11.8 Å². The van der Waals surface area contributed by atoms with Gasteiger partial charge in [-0.2, -0.15) is 0 Å². The molecule has 2 unspecified atom stereocenters. The first-order valence-corrected chi connectivity index (χ1v) is 5.83. The zero-order chi connectivity index (χ0) is 10.3. The molecule has 1 fully saturated rings. The van der Waals surface area contributed by atoms with Crippen molar-refractivity contribution in [1.82, 2.24) is 0 Å². The highest BCUT2D eigenvalue weighted by Crippen LogP contribution is 2.21. The largest absolute Gasteiger partial charge is 0.327 e. The molecular formula is C12H27N. The standard InChI is InChI=1S/C7H15N.C5H12/c1-6-4-2-3-5-7(6)8;1-4-5(2)3/h6-7H,2-5,8H2,1H3;5H,4H2,1-3H3. The second-order valence-electron chi connectivity index (χ2n) is 4.73. The van der Waals surface area contributed by atoms with Crippen molar-refractivity contribution < 1.29 is 0 Å². The van der Waals surface area contributed by atoms with Crippen LogP contribution in [0.1, 0.15) is 59.8 Å². The van der Waals surface area contributed by atoms with Gasteiger partial charge in [0.2, 0.25) is 0 Å². The summed E-state index contributed by atoms with van der Waals surface area (Å²) in [4.78, 5) is 0. The third-order valence-corrected chi connectivity index (χ3v) is 2.99. The minimum Gasteiger partial charge on any atom is -0.327 e. The Hall–Kier alpha value is -0.0400. The minimum absolute atomic E-state index is 0.503. The van der Waals surface area contributed by atoms with E-state index < -0.39 is 0 Å². The van der Waals surface area contributed by atoms with E-state index in [2.05, 4.69) is 27.7 Å². The van der Waals surface area contributed by atoms with Gasteiger partial charge in [0, 0.05) is 6.04 Å². The van der Waals surface area contributed by atoms with Crippen LogP contribution in [0.15, 0.2) is 0 Å². The lowest BCUT2D eigenvalue weighted by Crippen LogP contribution is -2.30. The topological polar surface area (TPSA) is 26.0 Å². The van der Waals surface area contributed by atoms with Gasteiger partial charge in [-0.05, 0) is 24.7 Å². The van der Waals surface area contributed by atoms with E-state index in [9.17, 15) is 0 Å². The van der Waals surface area contributed by atoms with Gasteiger partial charge in [-0.15, -0.1) is 0 Å². The fourth-order valence-corrected chi connectivity index (χ4v) is 1.34. The smallest absolute Gasteiger partial charge is 0.00645 e. The van der Waals surface area contributed by atoms with Crippen molar-refractivity contribution in [3.63, 3.8) is 0 Å². The molecule has 1 nitrogen and oxygen atoms in total. The Kier molecular flexibility index (Phi) is 7.35. The SMILES string of the molecule is CC1CCCCC1N.CCC(C)C. The quantitative estimate of drug-likeness (QED) is 0.664. The molecule has 0 aromatic carbocycles. The molecule has 13 heavy (non-hydrogen) atoms. The van der Waals surface area contributed by atoms with Crippen molar-refractivity contribution in [2.75, 3.05) is 0 Å². The van der Waals surface area contributed by atoms with E-state index >= 15 is 0 Å². The molecule has 0 saturated heterocycles. The van der Waals surface area contributed by atoms with Crippen LogP contribution in [-0.4, -0.2) is 6.04 Å². The summed E-state index contributed by atoms with van der Waals surface area (Å²) in [6.45, 7) is 8.90. The molecule has 1 heteroatoms. The van der Waals surface area contributed by atoms with Crippen LogP contribution in [-0.2, 0) is 0 Å². The summed E-state index contributed by atoms with van der Waals surface area (Å²) in [6.07, 6.45) is 6.66.